The van der Waals surface area contributed by atoms with Gasteiger partial charge in [-0.3, -0.25) is 4.79 Å². The molecular formula is C10H19N3O. The highest BCUT2D eigenvalue weighted by Gasteiger charge is 2.47. The van der Waals surface area contributed by atoms with Crippen LogP contribution in [0, 0.1) is 5.92 Å². The fourth-order valence-corrected chi connectivity index (χ4v) is 2.92. The lowest BCUT2D eigenvalue weighted by Crippen LogP contribution is -2.62. The van der Waals surface area contributed by atoms with Gasteiger partial charge in [0.25, 0.3) is 0 Å². The highest BCUT2D eigenvalue weighted by molar-refractivity contribution is 5.74. The van der Waals surface area contributed by atoms with E-state index in [9.17, 15) is 4.79 Å². The maximum Gasteiger partial charge on any atom is 0.217 e. The summed E-state index contributed by atoms with van der Waals surface area (Å²) in [6.45, 7) is 5.70. The Labute approximate surface area is 85.0 Å². The number of likely N-dealkylation sites (N-methyl/N-ethyl adjacent to an activating group) is 1. The molecule has 2 rings (SSSR count). The minimum absolute atomic E-state index is 0.00116. The zero-order valence-electron chi connectivity index (χ0n) is 8.97. The fraction of sp³-hybridized carbons (Fsp3) is 0.900. The summed E-state index contributed by atoms with van der Waals surface area (Å²) < 4.78 is 0. The number of amides is 1. The molecule has 2 fully saturated rings. The van der Waals surface area contributed by atoms with Crippen molar-refractivity contribution in [3.05, 3.63) is 0 Å². The summed E-state index contributed by atoms with van der Waals surface area (Å²) >= 11 is 0. The number of carbonyl (C=O) groups is 1. The van der Waals surface area contributed by atoms with Crippen LogP contribution in [0.2, 0.25) is 0 Å². The van der Waals surface area contributed by atoms with Gasteiger partial charge in [-0.25, -0.2) is 0 Å². The van der Waals surface area contributed by atoms with Gasteiger partial charge >= 0.3 is 0 Å². The predicted molar refractivity (Wildman–Crippen MR) is 55.0 cm³/mol. The number of piperidine rings is 1. The molecule has 0 saturated carbocycles. The second-order valence-electron chi connectivity index (χ2n) is 4.70. The Morgan fingerprint density at radius 1 is 1.64 bits per heavy atom. The number of nitrogens with zero attached hydrogens (tertiary/aromatic N) is 1. The summed E-state index contributed by atoms with van der Waals surface area (Å²) in [7, 11) is 2.13. The van der Waals surface area contributed by atoms with Crippen LogP contribution in [0.25, 0.3) is 0 Å². The average molecular weight is 197 g/mol. The highest BCUT2D eigenvalue weighted by Crippen LogP contribution is 2.31. The van der Waals surface area contributed by atoms with Crippen LogP contribution in [-0.4, -0.2) is 49.6 Å². The van der Waals surface area contributed by atoms with Crippen LogP contribution in [0.15, 0.2) is 0 Å². The smallest absolute Gasteiger partial charge is 0.217 e. The largest absolute Gasteiger partial charge is 0.348 e. The molecule has 0 aromatic heterocycles. The lowest BCUT2D eigenvalue weighted by molar-refractivity contribution is -0.121. The van der Waals surface area contributed by atoms with Crippen LogP contribution in [-0.2, 0) is 4.79 Å². The first-order chi connectivity index (χ1) is 6.62. The van der Waals surface area contributed by atoms with Crippen LogP contribution >= 0.6 is 0 Å². The van der Waals surface area contributed by atoms with E-state index in [0.29, 0.717) is 5.92 Å². The average Bonchev–Trinajstić information content (AvgIpc) is 2.38. The molecule has 1 amide bonds. The molecule has 0 aliphatic carbocycles. The summed E-state index contributed by atoms with van der Waals surface area (Å²) in [5.74, 6) is 0.714. The van der Waals surface area contributed by atoms with Gasteiger partial charge in [-0.1, -0.05) is 0 Å². The molecule has 2 aliphatic heterocycles. The lowest BCUT2D eigenvalue weighted by atomic mass is 9.82. The fourth-order valence-electron chi connectivity index (χ4n) is 2.92. The monoisotopic (exact) mass is 197 g/mol. The van der Waals surface area contributed by atoms with Crippen molar-refractivity contribution in [3.8, 4) is 0 Å². The first-order valence-corrected chi connectivity index (χ1v) is 5.30. The van der Waals surface area contributed by atoms with Crippen molar-refractivity contribution in [2.45, 2.75) is 18.9 Å². The molecule has 4 nitrogen and oxygen atoms in total. The predicted octanol–water partition coefficient (Wildman–Crippen LogP) is -0.584. The second kappa shape index (κ2) is 3.51. The molecule has 14 heavy (non-hydrogen) atoms. The Kier molecular flexibility index (Phi) is 2.49. The molecule has 0 spiro atoms. The summed E-state index contributed by atoms with van der Waals surface area (Å²) in [6, 6.07) is 0. The molecule has 2 atom stereocenters. The Morgan fingerprint density at radius 2 is 2.43 bits per heavy atom. The second-order valence-corrected chi connectivity index (χ2v) is 4.70. The third-order valence-electron chi connectivity index (χ3n) is 3.40. The van der Waals surface area contributed by atoms with E-state index < -0.39 is 0 Å². The van der Waals surface area contributed by atoms with Crippen molar-refractivity contribution in [2.24, 2.45) is 5.92 Å². The van der Waals surface area contributed by atoms with Gasteiger partial charge in [-0.2, -0.15) is 0 Å². The van der Waals surface area contributed by atoms with E-state index in [2.05, 4.69) is 22.6 Å². The number of rotatable bonds is 1. The topological polar surface area (TPSA) is 44.4 Å². The van der Waals surface area contributed by atoms with Crippen molar-refractivity contribution in [1.29, 1.82) is 0 Å². The van der Waals surface area contributed by atoms with Crippen LogP contribution < -0.4 is 10.6 Å². The molecule has 4 heteroatoms. The summed E-state index contributed by atoms with van der Waals surface area (Å²) in [5.41, 5.74) is -0.00116. The summed E-state index contributed by atoms with van der Waals surface area (Å²) in [4.78, 5) is 13.5. The molecule has 2 heterocycles. The minimum atomic E-state index is -0.00116. The van der Waals surface area contributed by atoms with Crippen molar-refractivity contribution < 1.29 is 4.79 Å². The quantitative estimate of drug-likeness (QED) is 0.591. The Hall–Kier alpha value is -0.610. The van der Waals surface area contributed by atoms with E-state index >= 15 is 0 Å². The molecule has 2 unspecified atom stereocenters. The van der Waals surface area contributed by atoms with Gasteiger partial charge < -0.3 is 15.5 Å². The van der Waals surface area contributed by atoms with E-state index in [0.717, 1.165) is 26.2 Å². The van der Waals surface area contributed by atoms with Crippen LogP contribution in [0.3, 0.4) is 0 Å². The maximum atomic E-state index is 11.2. The van der Waals surface area contributed by atoms with Gasteiger partial charge in [0.2, 0.25) is 5.91 Å². The molecule has 0 bridgehead atoms. The minimum Gasteiger partial charge on any atom is -0.348 e. The molecule has 2 aliphatic rings. The van der Waals surface area contributed by atoms with Gasteiger partial charge in [0, 0.05) is 26.6 Å². The molecule has 0 radical (unpaired) electrons. The van der Waals surface area contributed by atoms with Crippen molar-refractivity contribution in [1.82, 2.24) is 15.5 Å². The molecule has 0 aromatic carbocycles. The summed E-state index contributed by atoms with van der Waals surface area (Å²) in [5, 5.41) is 6.53. The third-order valence-corrected chi connectivity index (χ3v) is 3.40. The standard InChI is InChI=1S/C10H19N3O/c1-8(14)12-10-6-11-4-3-9(10)5-13(2)7-10/h9,11H,3-7H2,1-2H3,(H,12,14). The van der Waals surface area contributed by atoms with Gasteiger partial charge in [0.05, 0.1) is 5.54 Å². The molecule has 2 saturated heterocycles. The van der Waals surface area contributed by atoms with E-state index in [4.69, 9.17) is 0 Å². The lowest BCUT2D eigenvalue weighted by Gasteiger charge is -2.39. The number of nitrogens with one attached hydrogen (secondary N) is 2. The van der Waals surface area contributed by atoms with Crippen molar-refractivity contribution in [3.63, 3.8) is 0 Å². The SMILES string of the molecule is CC(=O)NC12CNCCC1CN(C)C2. The Morgan fingerprint density at radius 3 is 3.14 bits per heavy atom. The molecule has 2 N–H and O–H groups in total. The third kappa shape index (κ3) is 1.64. The zero-order chi connectivity index (χ0) is 10.2. The van der Waals surface area contributed by atoms with E-state index in [-0.39, 0.29) is 11.4 Å². The number of hydrogen-bond donors (Lipinski definition) is 2. The highest BCUT2D eigenvalue weighted by atomic mass is 16.1. The van der Waals surface area contributed by atoms with Crippen LogP contribution in [0.4, 0.5) is 0 Å². The van der Waals surface area contributed by atoms with Crippen LogP contribution in [0.1, 0.15) is 13.3 Å². The Balaban J connectivity index is 2.14. The van der Waals surface area contributed by atoms with Gasteiger partial charge in [0.15, 0.2) is 0 Å². The number of fused-ring (bicyclic) bond motifs is 1. The van der Waals surface area contributed by atoms with Gasteiger partial charge in [-0.05, 0) is 25.9 Å². The van der Waals surface area contributed by atoms with E-state index in [1.54, 1.807) is 6.92 Å². The molecular weight excluding hydrogens is 178 g/mol. The molecule has 80 valence electrons. The van der Waals surface area contributed by atoms with Gasteiger partial charge in [0.1, 0.15) is 0 Å². The van der Waals surface area contributed by atoms with E-state index in [1.807, 2.05) is 0 Å². The van der Waals surface area contributed by atoms with Crippen molar-refractivity contribution in [2.75, 3.05) is 33.2 Å². The number of likely N-dealkylation sites (tertiary alicyclic amines) is 1. The maximum absolute atomic E-state index is 11.2. The first kappa shape index (κ1) is 9.93. The zero-order valence-corrected chi connectivity index (χ0v) is 8.97. The molecule has 0 aromatic rings. The summed E-state index contributed by atoms with van der Waals surface area (Å²) in [6.07, 6.45) is 1.17. The van der Waals surface area contributed by atoms with E-state index in [1.165, 1.54) is 6.42 Å². The number of hydrogen-bond acceptors (Lipinski definition) is 3. The van der Waals surface area contributed by atoms with Gasteiger partial charge in [-0.15, -0.1) is 0 Å². The van der Waals surface area contributed by atoms with Crippen LogP contribution in [0.5, 0.6) is 0 Å². The first-order valence-electron chi connectivity index (χ1n) is 5.30. The normalized spacial score (nSPS) is 38.0. The van der Waals surface area contributed by atoms with Crippen molar-refractivity contribution >= 4 is 5.91 Å². The number of carbonyl (C=O) groups excluding carboxylic acids is 1. The Bertz CT molecular complexity index is 244.